The summed E-state index contributed by atoms with van der Waals surface area (Å²) < 4.78 is 101. The smallest absolute Gasteiger partial charge is 0.411 e. The predicted molar refractivity (Wildman–Crippen MR) is 182 cm³/mol. The summed E-state index contributed by atoms with van der Waals surface area (Å²) in [4.78, 5) is 32.1. The third-order valence-electron chi connectivity index (χ3n) is 8.59. The third kappa shape index (κ3) is 9.11. The lowest BCUT2D eigenvalue weighted by molar-refractivity contribution is -0.164. The summed E-state index contributed by atoms with van der Waals surface area (Å²) in [5.41, 5.74) is -1.99. The quantitative estimate of drug-likeness (QED) is 0.0747. The number of nitrogens with one attached hydrogen (secondary N) is 3. The number of hydrogen-bond acceptors (Lipinski definition) is 7. The zero-order chi connectivity index (χ0) is 39.6. The average Bonchev–Trinajstić information content (AvgIpc) is 3.47. The van der Waals surface area contributed by atoms with E-state index in [9.17, 15) is 40.3 Å². The maximum atomic E-state index is 14.4. The molecular formula is C34H35ClF7N9O3. The number of ether oxygens (including phenoxy) is 1. The second-order valence-electron chi connectivity index (χ2n) is 13.7. The molecule has 4 aromatic rings. The van der Waals surface area contributed by atoms with Crippen LogP contribution in [-0.4, -0.2) is 72.3 Å². The van der Waals surface area contributed by atoms with Gasteiger partial charge in [-0.1, -0.05) is 50.6 Å². The molecule has 0 saturated heterocycles. The van der Waals surface area contributed by atoms with Gasteiger partial charge in [-0.3, -0.25) is 15.1 Å². The highest BCUT2D eigenvalue weighted by Gasteiger charge is 2.64. The van der Waals surface area contributed by atoms with Crippen LogP contribution < -0.4 is 10.6 Å². The van der Waals surface area contributed by atoms with E-state index in [-0.39, 0.29) is 52.3 Å². The topological polar surface area (TPSA) is 143 Å². The Kier molecular flexibility index (Phi) is 11.6. The molecule has 0 radical (unpaired) electrons. The van der Waals surface area contributed by atoms with Gasteiger partial charge in [-0.15, -0.1) is 0 Å². The number of carbonyl (C=O) groups is 2. The van der Waals surface area contributed by atoms with Crippen LogP contribution >= 0.6 is 11.6 Å². The second-order valence-corrected chi connectivity index (χ2v) is 14.1. The van der Waals surface area contributed by atoms with Crippen molar-refractivity contribution in [1.82, 2.24) is 40.1 Å². The van der Waals surface area contributed by atoms with Crippen LogP contribution in [0.25, 0.3) is 22.5 Å². The van der Waals surface area contributed by atoms with Gasteiger partial charge in [0.25, 0.3) is 5.91 Å². The van der Waals surface area contributed by atoms with Crippen molar-refractivity contribution in [1.29, 1.82) is 5.41 Å². The van der Waals surface area contributed by atoms with Crippen LogP contribution in [0.5, 0.6) is 0 Å². The Morgan fingerprint density at radius 3 is 2.28 bits per heavy atom. The van der Waals surface area contributed by atoms with Gasteiger partial charge in [0, 0.05) is 29.4 Å². The standard InChI is InChI=1S/C34H35ClF7N9O3/c1-32(2,3)12-13-44-30(43)50(27(52)20-6-4-19(5-7-20)22-15-46-49(16-22)28(36)37)25(17-54-31(53)48-33(10-11-33)34(40,41)42)21-8-9-24(35)23(14-21)26-45-18-47-51(26)29(38)39/h4-9,14-16,18,25,28-29H,10-13,17H2,1-3H3,(H2,43,44)(H,48,53)/t25-/m1/s1. The van der Waals surface area contributed by atoms with Crippen molar-refractivity contribution in [2.75, 3.05) is 13.2 Å². The van der Waals surface area contributed by atoms with Crippen molar-refractivity contribution in [3.63, 3.8) is 0 Å². The van der Waals surface area contributed by atoms with E-state index in [4.69, 9.17) is 21.7 Å². The number of benzene rings is 2. The minimum absolute atomic E-state index is 0.0301. The van der Waals surface area contributed by atoms with Crippen LogP contribution in [-0.2, 0) is 4.74 Å². The Hall–Kier alpha value is -5.20. The Balaban J connectivity index is 1.56. The molecule has 2 amide bonds. The van der Waals surface area contributed by atoms with Crippen LogP contribution in [0.2, 0.25) is 5.02 Å². The van der Waals surface area contributed by atoms with Gasteiger partial charge in [0.05, 0.1) is 17.3 Å². The molecule has 2 heterocycles. The molecule has 3 N–H and O–H groups in total. The van der Waals surface area contributed by atoms with E-state index < -0.39 is 55.4 Å². The van der Waals surface area contributed by atoms with E-state index in [0.29, 0.717) is 26.9 Å². The van der Waals surface area contributed by atoms with Crippen molar-refractivity contribution in [3.05, 3.63) is 77.3 Å². The van der Waals surface area contributed by atoms with Crippen LogP contribution in [0.1, 0.15) is 75.1 Å². The van der Waals surface area contributed by atoms with Gasteiger partial charge in [-0.2, -0.15) is 45.6 Å². The largest absolute Gasteiger partial charge is 0.447 e. The van der Waals surface area contributed by atoms with Gasteiger partial charge in [0.2, 0.25) is 0 Å². The van der Waals surface area contributed by atoms with Crippen molar-refractivity contribution in [2.45, 2.75) is 70.9 Å². The highest BCUT2D eigenvalue weighted by molar-refractivity contribution is 6.33. The fourth-order valence-electron chi connectivity index (χ4n) is 5.40. The molecule has 0 bridgehead atoms. The molecule has 1 saturated carbocycles. The first kappa shape index (κ1) is 40.0. The van der Waals surface area contributed by atoms with Gasteiger partial charge < -0.3 is 15.4 Å². The van der Waals surface area contributed by atoms with Crippen LogP contribution in [0, 0.1) is 10.8 Å². The summed E-state index contributed by atoms with van der Waals surface area (Å²) in [6.45, 7) is -0.792. The first-order valence-electron chi connectivity index (χ1n) is 16.4. The Labute approximate surface area is 309 Å². The van der Waals surface area contributed by atoms with Gasteiger partial charge in [0.15, 0.2) is 11.8 Å². The molecule has 5 rings (SSSR count). The number of nitrogens with zero attached hydrogens (tertiary/aromatic N) is 6. The minimum atomic E-state index is -4.76. The first-order valence-corrected chi connectivity index (χ1v) is 16.8. The van der Waals surface area contributed by atoms with E-state index in [1.54, 1.807) is 0 Å². The summed E-state index contributed by atoms with van der Waals surface area (Å²) in [7, 11) is 0. The lowest BCUT2D eigenvalue weighted by Crippen LogP contribution is -2.50. The molecule has 1 aliphatic rings. The van der Waals surface area contributed by atoms with Crippen molar-refractivity contribution in [2.24, 2.45) is 5.41 Å². The van der Waals surface area contributed by atoms with Crippen molar-refractivity contribution in [3.8, 4) is 22.5 Å². The molecular weight excluding hydrogens is 751 g/mol. The molecule has 0 aliphatic heterocycles. The molecule has 12 nitrogen and oxygen atoms in total. The highest BCUT2D eigenvalue weighted by Crippen LogP contribution is 2.49. The summed E-state index contributed by atoms with van der Waals surface area (Å²) >= 11 is 6.40. The summed E-state index contributed by atoms with van der Waals surface area (Å²) in [5, 5.41) is 20.8. The Bertz CT molecular complexity index is 1970. The van der Waals surface area contributed by atoms with Crippen molar-refractivity contribution >= 4 is 29.6 Å². The molecule has 54 heavy (non-hydrogen) atoms. The van der Waals surface area contributed by atoms with Crippen LogP contribution in [0.15, 0.2) is 61.2 Å². The number of rotatable bonds is 12. The number of alkyl halides is 7. The van der Waals surface area contributed by atoms with E-state index in [0.717, 1.165) is 17.4 Å². The molecule has 0 spiro atoms. The van der Waals surface area contributed by atoms with Gasteiger partial charge in [0.1, 0.15) is 18.5 Å². The number of guanidine groups is 1. The molecule has 1 aliphatic carbocycles. The van der Waals surface area contributed by atoms with E-state index in [1.807, 2.05) is 26.1 Å². The predicted octanol–water partition coefficient (Wildman–Crippen LogP) is 8.22. The van der Waals surface area contributed by atoms with Crippen LogP contribution in [0.3, 0.4) is 0 Å². The van der Waals surface area contributed by atoms with E-state index in [1.165, 1.54) is 48.7 Å². The maximum Gasteiger partial charge on any atom is 0.411 e. The lowest BCUT2D eigenvalue weighted by atomic mass is 9.92. The number of halogens is 8. The Morgan fingerprint density at radius 1 is 1.02 bits per heavy atom. The minimum Gasteiger partial charge on any atom is -0.447 e. The number of alkyl carbamates (subject to hydrolysis) is 1. The number of hydrogen-bond donors (Lipinski definition) is 3. The maximum absolute atomic E-state index is 14.4. The highest BCUT2D eigenvalue weighted by atomic mass is 35.5. The van der Waals surface area contributed by atoms with E-state index in [2.05, 4.69) is 20.5 Å². The normalized spacial score (nSPS) is 14.5. The number of carbonyl (C=O) groups excluding carboxylic acids is 2. The number of amides is 2. The van der Waals surface area contributed by atoms with Gasteiger partial charge in [-0.05, 0) is 60.1 Å². The molecule has 1 atom stereocenters. The van der Waals surface area contributed by atoms with Crippen LogP contribution in [0.4, 0.5) is 35.5 Å². The average molecular weight is 786 g/mol. The molecule has 1 fully saturated rings. The molecule has 0 unspecified atom stereocenters. The first-order chi connectivity index (χ1) is 25.3. The molecule has 2 aromatic carbocycles. The summed E-state index contributed by atoms with van der Waals surface area (Å²) in [5.74, 6) is -1.72. The Morgan fingerprint density at radius 2 is 1.70 bits per heavy atom. The van der Waals surface area contributed by atoms with Gasteiger partial charge >= 0.3 is 25.4 Å². The fraction of sp³-hybridized carbons (Fsp3) is 0.412. The molecule has 290 valence electrons. The fourth-order valence-corrected chi connectivity index (χ4v) is 5.60. The molecule has 2 aromatic heterocycles. The molecule has 20 heteroatoms. The second kappa shape index (κ2) is 15.6. The zero-order valence-electron chi connectivity index (χ0n) is 29.0. The van der Waals surface area contributed by atoms with Gasteiger partial charge in [-0.25, -0.2) is 14.5 Å². The van der Waals surface area contributed by atoms with E-state index >= 15 is 0 Å². The summed E-state index contributed by atoms with van der Waals surface area (Å²) in [6.07, 6.45) is -3.23. The number of aromatic nitrogens is 5. The zero-order valence-corrected chi connectivity index (χ0v) is 29.7. The third-order valence-corrected chi connectivity index (χ3v) is 8.92. The monoisotopic (exact) mass is 785 g/mol. The van der Waals surface area contributed by atoms with Crippen molar-refractivity contribution < 1.29 is 45.1 Å². The lowest BCUT2D eigenvalue weighted by Gasteiger charge is -2.33. The summed E-state index contributed by atoms with van der Waals surface area (Å²) in [6, 6.07) is 8.08. The SMILES string of the molecule is CC(C)(C)CCNC(=N)N(C(=O)c1ccc(-c2cnn(C(F)F)c2)cc1)[C@H](COC(=O)NC1(C(F)(F)F)CC1)c1ccc(Cl)c(-c2ncnn2C(F)F)c1.